The van der Waals surface area contributed by atoms with E-state index in [2.05, 4.69) is 10.4 Å². The van der Waals surface area contributed by atoms with Gasteiger partial charge in [0.15, 0.2) is 11.5 Å². The second-order valence-corrected chi connectivity index (χ2v) is 6.65. The maximum absolute atomic E-state index is 12.1. The molecular weight excluding hydrogens is 346 g/mol. The molecule has 7 heteroatoms. The third-order valence-electron chi connectivity index (χ3n) is 4.03. The molecule has 0 saturated carbocycles. The first-order chi connectivity index (χ1) is 12.9. The normalized spacial score (nSPS) is 10.7. The Kier molecular flexibility index (Phi) is 7.40. The van der Waals surface area contributed by atoms with Crippen LogP contribution in [-0.4, -0.2) is 36.5 Å². The summed E-state index contributed by atoms with van der Waals surface area (Å²) in [6.45, 7) is 5.13. The third-order valence-corrected chi connectivity index (χ3v) is 4.03. The van der Waals surface area contributed by atoms with Gasteiger partial charge in [-0.05, 0) is 36.6 Å². The number of carbonyl (C=O) groups is 1. The second kappa shape index (κ2) is 9.75. The molecule has 1 N–H and O–H groups in total. The molecule has 2 aromatic rings. The molecule has 1 aromatic carbocycles. The van der Waals surface area contributed by atoms with Gasteiger partial charge in [0.2, 0.25) is 5.91 Å². The van der Waals surface area contributed by atoms with Crippen LogP contribution in [0.2, 0.25) is 0 Å². The first-order valence-electron chi connectivity index (χ1n) is 9.02. The number of benzene rings is 1. The number of nitrogens with one attached hydrogen (secondary N) is 1. The quantitative estimate of drug-likeness (QED) is 0.730. The Balaban J connectivity index is 2.08. The first kappa shape index (κ1) is 20.5. The summed E-state index contributed by atoms with van der Waals surface area (Å²) in [7, 11) is 3.15. The molecule has 1 heterocycles. The predicted octanol–water partition coefficient (Wildman–Crippen LogP) is 2.48. The summed E-state index contributed by atoms with van der Waals surface area (Å²) in [5.74, 6) is 1.63. The Hall–Kier alpha value is -2.83. The van der Waals surface area contributed by atoms with Crippen LogP contribution in [0.25, 0.3) is 11.3 Å². The van der Waals surface area contributed by atoms with Crippen molar-refractivity contribution in [2.24, 2.45) is 5.92 Å². The Bertz CT molecular complexity index is 830. The fourth-order valence-electron chi connectivity index (χ4n) is 2.55. The molecule has 0 radical (unpaired) electrons. The molecule has 0 aliphatic rings. The summed E-state index contributed by atoms with van der Waals surface area (Å²) < 4.78 is 11.9. The minimum absolute atomic E-state index is 0.00667. The highest BCUT2D eigenvalue weighted by molar-refractivity contribution is 5.75. The number of nitrogens with zero attached hydrogens (tertiary/aromatic N) is 2. The fraction of sp³-hybridized carbons (Fsp3) is 0.450. The van der Waals surface area contributed by atoms with Crippen molar-refractivity contribution in [2.45, 2.75) is 33.2 Å². The lowest BCUT2D eigenvalue weighted by molar-refractivity contribution is -0.121. The van der Waals surface area contributed by atoms with Gasteiger partial charge in [-0.3, -0.25) is 9.59 Å². The maximum Gasteiger partial charge on any atom is 0.266 e. The van der Waals surface area contributed by atoms with Gasteiger partial charge >= 0.3 is 0 Å². The van der Waals surface area contributed by atoms with Gasteiger partial charge in [-0.1, -0.05) is 13.8 Å². The molecule has 1 amide bonds. The Morgan fingerprint density at radius 1 is 1.15 bits per heavy atom. The van der Waals surface area contributed by atoms with Crippen LogP contribution in [0.4, 0.5) is 0 Å². The summed E-state index contributed by atoms with van der Waals surface area (Å²) in [5.41, 5.74) is 1.28. The number of rotatable bonds is 9. The molecule has 0 saturated heterocycles. The molecule has 0 fully saturated rings. The van der Waals surface area contributed by atoms with Crippen molar-refractivity contribution in [2.75, 3.05) is 20.8 Å². The van der Waals surface area contributed by atoms with Gasteiger partial charge in [0, 0.05) is 31.1 Å². The predicted molar refractivity (Wildman–Crippen MR) is 104 cm³/mol. The zero-order valence-electron chi connectivity index (χ0n) is 16.3. The molecule has 1 aromatic heterocycles. The number of ether oxygens (including phenoxy) is 2. The van der Waals surface area contributed by atoms with Crippen LogP contribution in [0.1, 0.15) is 26.7 Å². The average molecular weight is 373 g/mol. The van der Waals surface area contributed by atoms with Crippen molar-refractivity contribution in [3.05, 3.63) is 40.7 Å². The van der Waals surface area contributed by atoms with Crippen LogP contribution >= 0.6 is 0 Å². The van der Waals surface area contributed by atoms with Crippen LogP contribution in [0.5, 0.6) is 11.5 Å². The van der Waals surface area contributed by atoms with Gasteiger partial charge in [0.25, 0.3) is 5.56 Å². The molecule has 0 spiro atoms. The number of carbonyl (C=O) groups excluding carboxylic acids is 1. The number of methoxy groups -OCH3 is 2. The van der Waals surface area contributed by atoms with Crippen LogP contribution in [0.15, 0.2) is 35.1 Å². The lowest BCUT2D eigenvalue weighted by atomic mass is 10.1. The second-order valence-electron chi connectivity index (χ2n) is 6.65. The van der Waals surface area contributed by atoms with E-state index in [4.69, 9.17) is 9.47 Å². The molecule has 0 bridgehead atoms. The van der Waals surface area contributed by atoms with Crippen LogP contribution < -0.4 is 20.3 Å². The van der Waals surface area contributed by atoms with Gasteiger partial charge in [-0.2, -0.15) is 5.10 Å². The number of aromatic nitrogens is 2. The van der Waals surface area contributed by atoms with E-state index in [1.165, 1.54) is 10.7 Å². The Morgan fingerprint density at radius 2 is 1.89 bits per heavy atom. The molecule has 0 atom stereocenters. The third kappa shape index (κ3) is 5.84. The highest BCUT2D eigenvalue weighted by Crippen LogP contribution is 2.31. The van der Waals surface area contributed by atoms with Crippen molar-refractivity contribution >= 4 is 5.91 Å². The largest absolute Gasteiger partial charge is 0.493 e. The van der Waals surface area contributed by atoms with Crippen molar-refractivity contribution in [3.63, 3.8) is 0 Å². The number of aryl methyl sites for hydroxylation is 1. The van der Waals surface area contributed by atoms with E-state index in [-0.39, 0.29) is 11.5 Å². The molecule has 0 aliphatic heterocycles. The van der Waals surface area contributed by atoms with E-state index in [9.17, 15) is 9.59 Å². The van der Waals surface area contributed by atoms with Gasteiger partial charge in [-0.25, -0.2) is 4.68 Å². The monoisotopic (exact) mass is 373 g/mol. The fourth-order valence-corrected chi connectivity index (χ4v) is 2.55. The van der Waals surface area contributed by atoms with Crippen molar-refractivity contribution in [1.82, 2.24) is 15.1 Å². The van der Waals surface area contributed by atoms with E-state index in [1.54, 1.807) is 26.4 Å². The minimum atomic E-state index is -0.193. The smallest absolute Gasteiger partial charge is 0.266 e. The highest BCUT2D eigenvalue weighted by atomic mass is 16.5. The van der Waals surface area contributed by atoms with Crippen LogP contribution in [0, 0.1) is 5.92 Å². The van der Waals surface area contributed by atoms with Crippen molar-refractivity contribution in [1.29, 1.82) is 0 Å². The summed E-state index contributed by atoms with van der Waals surface area (Å²) in [6.07, 6.45) is 0.910. The number of amides is 1. The average Bonchev–Trinajstić information content (AvgIpc) is 2.67. The number of hydrogen-bond acceptors (Lipinski definition) is 5. The maximum atomic E-state index is 12.1. The molecule has 146 valence electrons. The topological polar surface area (TPSA) is 82.5 Å². The van der Waals surface area contributed by atoms with E-state index in [0.29, 0.717) is 49.0 Å². The molecule has 2 rings (SSSR count). The first-order valence-corrected chi connectivity index (χ1v) is 9.02. The number of hydrogen-bond donors (Lipinski definition) is 1. The Morgan fingerprint density at radius 3 is 2.56 bits per heavy atom. The SMILES string of the molecule is COc1ccc(-c2ccc(=O)n(CCCC(=O)NCC(C)C)n2)cc1OC. The molecule has 0 aliphatic carbocycles. The highest BCUT2D eigenvalue weighted by Gasteiger charge is 2.09. The summed E-state index contributed by atoms with van der Waals surface area (Å²) >= 11 is 0. The summed E-state index contributed by atoms with van der Waals surface area (Å²) in [6, 6.07) is 8.63. The zero-order chi connectivity index (χ0) is 19.8. The zero-order valence-corrected chi connectivity index (χ0v) is 16.3. The summed E-state index contributed by atoms with van der Waals surface area (Å²) in [5, 5.41) is 7.29. The van der Waals surface area contributed by atoms with Crippen molar-refractivity contribution < 1.29 is 14.3 Å². The van der Waals surface area contributed by atoms with Gasteiger partial charge < -0.3 is 14.8 Å². The standard InChI is InChI=1S/C20H27N3O4/c1-14(2)13-21-19(24)6-5-11-23-20(25)10-8-16(22-23)15-7-9-17(26-3)18(12-15)27-4/h7-10,12,14H,5-6,11,13H2,1-4H3,(H,21,24). The lowest BCUT2D eigenvalue weighted by Crippen LogP contribution is -2.28. The molecule has 7 nitrogen and oxygen atoms in total. The van der Waals surface area contributed by atoms with Crippen LogP contribution in [-0.2, 0) is 11.3 Å². The van der Waals surface area contributed by atoms with Crippen LogP contribution in [0.3, 0.4) is 0 Å². The van der Waals surface area contributed by atoms with Gasteiger partial charge in [0.1, 0.15) is 0 Å². The van der Waals surface area contributed by atoms with Gasteiger partial charge in [0.05, 0.1) is 19.9 Å². The Labute approximate surface area is 159 Å². The van der Waals surface area contributed by atoms with E-state index < -0.39 is 0 Å². The minimum Gasteiger partial charge on any atom is -0.493 e. The van der Waals surface area contributed by atoms with Crippen molar-refractivity contribution in [3.8, 4) is 22.8 Å². The lowest BCUT2D eigenvalue weighted by Gasteiger charge is -2.11. The molecule has 0 unspecified atom stereocenters. The summed E-state index contributed by atoms with van der Waals surface area (Å²) in [4.78, 5) is 23.9. The van der Waals surface area contributed by atoms with Gasteiger partial charge in [-0.15, -0.1) is 0 Å². The van der Waals surface area contributed by atoms with E-state index >= 15 is 0 Å². The van der Waals surface area contributed by atoms with E-state index in [0.717, 1.165) is 5.56 Å². The van der Waals surface area contributed by atoms with E-state index in [1.807, 2.05) is 26.0 Å². The molecule has 27 heavy (non-hydrogen) atoms. The molecular formula is C20H27N3O4.